The molecule has 5 heterocycles. The molecule has 0 radical (unpaired) electrons. The maximum Gasteiger partial charge on any atom is 0.333 e. The van der Waals surface area contributed by atoms with Gasteiger partial charge in [0.2, 0.25) is 0 Å². The molecule has 8 aromatic carbocycles. The summed E-state index contributed by atoms with van der Waals surface area (Å²) >= 11 is 0. The van der Waals surface area contributed by atoms with Gasteiger partial charge in [0.15, 0.2) is 11.2 Å². The molecular weight excluding hydrogens is 671 g/mol. The fraction of sp³-hybridized carbons (Fsp3) is 0.0800. The fourth-order valence-electron chi connectivity index (χ4n) is 10.1. The molecule has 0 bridgehead atoms. The zero-order valence-electron chi connectivity index (χ0n) is 30.6. The minimum absolute atomic E-state index is 0.0454. The molecule has 0 saturated heterocycles. The monoisotopic (exact) mass is 704 g/mol. The summed E-state index contributed by atoms with van der Waals surface area (Å²) < 4.78 is 16.5. The van der Waals surface area contributed by atoms with Gasteiger partial charge in [-0.25, -0.2) is 0 Å². The quantitative estimate of drug-likeness (QED) is 0.160. The van der Waals surface area contributed by atoms with Gasteiger partial charge in [-0.3, -0.25) is 0 Å². The zero-order valence-corrected chi connectivity index (χ0v) is 30.6. The molecule has 13 rings (SSSR count). The van der Waals surface area contributed by atoms with Crippen molar-refractivity contribution >= 4 is 106 Å². The molecule has 0 amide bonds. The molecule has 11 aromatic rings. The van der Waals surface area contributed by atoms with E-state index in [0.29, 0.717) is 0 Å². The van der Waals surface area contributed by atoms with E-state index >= 15 is 0 Å². The summed E-state index contributed by atoms with van der Waals surface area (Å²) in [7, 11) is 0. The van der Waals surface area contributed by atoms with Gasteiger partial charge in [-0.1, -0.05) is 130 Å². The normalized spacial score (nSPS) is 13.7. The maximum atomic E-state index is 7.06. The van der Waals surface area contributed by atoms with Crippen molar-refractivity contribution in [3.8, 4) is 16.8 Å². The first kappa shape index (κ1) is 29.7. The molecule has 0 saturated carbocycles. The highest BCUT2D eigenvalue weighted by molar-refractivity contribution is 6.94. The number of benzene rings is 8. The van der Waals surface area contributed by atoms with Gasteiger partial charge in [-0.15, -0.1) is 0 Å². The number of rotatable bonds is 1. The van der Waals surface area contributed by atoms with Crippen LogP contribution in [-0.2, 0) is 5.41 Å². The maximum absolute atomic E-state index is 7.06. The molecular formula is C50H33BN2O2. The third kappa shape index (κ3) is 3.68. The first-order chi connectivity index (χ1) is 26.9. The van der Waals surface area contributed by atoms with E-state index in [0.717, 1.165) is 55.3 Å². The number of aromatic nitrogens is 1. The summed E-state index contributed by atoms with van der Waals surface area (Å²) in [5.74, 6) is 0. The molecule has 0 aliphatic carbocycles. The van der Waals surface area contributed by atoms with Crippen LogP contribution >= 0.6 is 0 Å². The molecule has 0 fully saturated rings. The number of anilines is 2. The van der Waals surface area contributed by atoms with Crippen LogP contribution in [0.2, 0.25) is 0 Å². The van der Waals surface area contributed by atoms with Crippen LogP contribution in [0, 0.1) is 0 Å². The Morgan fingerprint density at radius 3 is 1.98 bits per heavy atom. The highest BCUT2D eigenvalue weighted by Gasteiger charge is 2.46. The van der Waals surface area contributed by atoms with Crippen LogP contribution < -0.4 is 15.7 Å². The minimum Gasteiger partial charge on any atom is -0.454 e. The van der Waals surface area contributed by atoms with Crippen molar-refractivity contribution in [3.05, 3.63) is 151 Å². The van der Waals surface area contributed by atoms with Gasteiger partial charge in [0.05, 0.1) is 22.4 Å². The van der Waals surface area contributed by atoms with Gasteiger partial charge in [0, 0.05) is 49.0 Å². The summed E-state index contributed by atoms with van der Waals surface area (Å²) in [5.41, 5.74) is 15.6. The second-order valence-corrected chi connectivity index (χ2v) is 16.4. The zero-order chi connectivity index (χ0) is 36.3. The summed E-state index contributed by atoms with van der Waals surface area (Å²) in [6, 6.07) is 53.4. The first-order valence-electron chi connectivity index (χ1n) is 19.2. The van der Waals surface area contributed by atoms with E-state index in [4.69, 9.17) is 8.83 Å². The van der Waals surface area contributed by atoms with E-state index in [9.17, 15) is 0 Å². The van der Waals surface area contributed by atoms with Crippen LogP contribution in [0.15, 0.2) is 154 Å². The van der Waals surface area contributed by atoms with Crippen molar-refractivity contribution in [3.63, 3.8) is 0 Å². The number of para-hydroxylation sites is 4. The molecule has 258 valence electrons. The van der Waals surface area contributed by atoms with Crippen LogP contribution in [0.4, 0.5) is 11.4 Å². The Hall–Kier alpha value is -6.72. The molecule has 0 N–H and O–H groups in total. The molecule has 0 spiro atoms. The molecule has 55 heavy (non-hydrogen) atoms. The average molecular weight is 705 g/mol. The van der Waals surface area contributed by atoms with Gasteiger partial charge >= 0.3 is 6.85 Å². The number of nitrogens with zero attached hydrogens (tertiary/aromatic N) is 2. The number of hydrogen-bond donors (Lipinski definition) is 0. The Morgan fingerprint density at radius 1 is 0.491 bits per heavy atom. The van der Waals surface area contributed by atoms with Crippen molar-refractivity contribution in [1.29, 1.82) is 0 Å². The lowest BCUT2D eigenvalue weighted by atomic mass is 9.44. The van der Waals surface area contributed by atoms with Crippen LogP contribution in [0.25, 0.3) is 93.3 Å². The SMILES string of the molecule is CC(C)(C)c1ccc2c(c1)-c1cc3c(oc4ccccc43)c3c1B(c1cccc4c5ccc6ccccc6c5n-3c14)N2c1cccc2c1oc1ccccc12. The van der Waals surface area contributed by atoms with E-state index < -0.39 is 0 Å². The highest BCUT2D eigenvalue weighted by Crippen LogP contribution is 2.50. The largest absolute Gasteiger partial charge is 0.454 e. The number of hydrogen-bond acceptors (Lipinski definition) is 3. The Morgan fingerprint density at radius 2 is 1.16 bits per heavy atom. The highest BCUT2D eigenvalue weighted by atomic mass is 16.3. The van der Waals surface area contributed by atoms with Gasteiger partial charge in [0.25, 0.3) is 0 Å². The van der Waals surface area contributed by atoms with Crippen LogP contribution in [0.1, 0.15) is 26.3 Å². The third-order valence-electron chi connectivity index (χ3n) is 12.5. The van der Waals surface area contributed by atoms with Gasteiger partial charge < -0.3 is 18.2 Å². The second kappa shape index (κ2) is 10.1. The predicted molar refractivity (Wildman–Crippen MR) is 231 cm³/mol. The van der Waals surface area contributed by atoms with Gasteiger partial charge in [0.1, 0.15) is 11.2 Å². The van der Waals surface area contributed by atoms with Crippen molar-refractivity contribution in [1.82, 2.24) is 4.57 Å². The minimum atomic E-state index is -0.166. The van der Waals surface area contributed by atoms with E-state index in [1.165, 1.54) is 65.9 Å². The average Bonchev–Trinajstić information content (AvgIpc) is 3.89. The summed E-state index contributed by atoms with van der Waals surface area (Å²) in [6.45, 7) is 6.75. The number of furan rings is 2. The lowest BCUT2D eigenvalue weighted by molar-refractivity contribution is 0.590. The molecule has 5 heteroatoms. The molecule has 4 nitrogen and oxygen atoms in total. The lowest BCUT2D eigenvalue weighted by Crippen LogP contribution is -2.60. The first-order valence-corrected chi connectivity index (χ1v) is 19.2. The second-order valence-electron chi connectivity index (χ2n) is 16.4. The van der Waals surface area contributed by atoms with Gasteiger partial charge in [-0.2, -0.15) is 0 Å². The predicted octanol–water partition coefficient (Wildman–Crippen LogP) is 12.3. The van der Waals surface area contributed by atoms with Crippen LogP contribution in [0.5, 0.6) is 0 Å². The van der Waals surface area contributed by atoms with Crippen LogP contribution in [0.3, 0.4) is 0 Å². The van der Waals surface area contributed by atoms with E-state index in [1.54, 1.807) is 0 Å². The molecule has 0 atom stereocenters. The smallest absolute Gasteiger partial charge is 0.333 e. The third-order valence-corrected chi connectivity index (χ3v) is 12.5. The van der Waals surface area contributed by atoms with Crippen molar-refractivity contribution in [2.24, 2.45) is 0 Å². The Kier molecular flexibility index (Phi) is 5.44. The molecule has 0 unspecified atom stereocenters. The standard InChI is InChI=1S/C50H33BN2O2/c1-50(2,3)29-23-25-40-36(26-29)37-27-38-32-15-7-9-21-43(32)55-49(38)47-44(37)51(53(40)41-19-11-17-35-31-14-6-8-20-42(31)54-48(35)41)39-18-10-16-33-34-24-22-28-12-4-5-13-30(28)45(34)52(47)46(33)39/h4-27H,1-3H3. The molecule has 2 aliphatic rings. The Bertz CT molecular complexity index is 3500. The van der Waals surface area contributed by atoms with Crippen molar-refractivity contribution in [2.45, 2.75) is 26.2 Å². The number of fused-ring (bicyclic) bond motifs is 16. The molecule has 2 aliphatic heterocycles. The topological polar surface area (TPSA) is 34.5 Å². The van der Waals surface area contributed by atoms with E-state index in [2.05, 4.69) is 176 Å². The van der Waals surface area contributed by atoms with Crippen LogP contribution in [-0.4, -0.2) is 11.4 Å². The molecule has 3 aromatic heterocycles. The Balaban J connectivity index is 1.28. The Labute approximate surface area is 316 Å². The lowest BCUT2D eigenvalue weighted by Gasteiger charge is -2.42. The van der Waals surface area contributed by atoms with E-state index in [-0.39, 0.29) is 12.3 Å². The fourth-order valence-corrected chi connectivity index (χ4v) is 10.1. The summed E-state index contributed by atoms with van der Waals surface area (Å²) in [4.78, 5) is 2.57. The van der Waals surface area contributed by atoms with Gasteiger partial charge in [-0.05, 0) is 69.3 Å². The van der Waals surface area contributed by atoms with Crippen molar-refractivity contribution in [2.75, 3.05) is 4.81 Å². The summed E-state index contributed by atoms with van der Waals surface area (Å²) in [6.07, 6.45) is 0. The van der Waals surface area contributed by atoms with Crippen molar-refractivity contribution < 1.29 is 8.83 Å². The van der Waals surface area contributed by atoms with E-state index in [1.807, 2.05) is 0 Å². The summed E-state index contributed by atoms with van der Waals surface area (Å²) in [5, 5.41) is 9.46.